The van der Waals surface area contributed by atoms with Crippen molar-refractivity contribution in [1.29, 1.82) is 0 Å². The van der Waals surface area contributed by atoms with Gasteiger partial charge in [-0.1, -0.05) is 12.8 Å². The van der Waals surface area contributed by atoms with E-state index in [1.165, 1.54) is 25.7 Å². The molecule has 0 bridgehead atoms. The number of thiol groups is 2. The van der Waals surface area contributed by atoms with Gasteiger partial charge in [0.2, 0.25) is 0 Å². The van der Waals surface area contributed by atoms with Crippen LogP contribution in [0.1, 0.15) is 25.7 Å². The number of hydrogen-bond donors (Lipinski definition) is 4. The molecular formula is C6H17NaO4S3. The van der Waals surface area contributed by atoms with Crippen molar-refractivity contribution < 1.29 is 17.5 Å². The van der Waals surface area contributed by atoms with Crippen LogP contribution in [-0.4, -0.2) is 58.6 Å². The Labute approximate surface area is 119 Å². The Kier molecular flexibility index (Phi) is 21.8. The first kappa shape index (κ1) is 20.9. The van der Waals surface area contributed by atoms with Crippen LogP contribution in [0.5, 0.6) is 0 Å². The second-order valence-electron chi connectivity index (χ2n) is 2.31. The summed E-state index contributed by atoms with van der Waals surface area (Å²) >= 11 is 8.21. The third-order valence-electron chi connectivity index (χ3n) is 1.07. The molecule has 0 fully saturated rings. The van der Waals surface area contributed by atoms with Crippen LogP contribution in [0.25, 0.3) is 0 Å². The van der Waals surface area contributed by atoms with Gasteiger partial charge in [0.1, 0.15) is 0 Å². The summed E-state index contributed by atoms with van der Waals surface area (Å²) in [4.78, 5) is 0. The van der Waals surface area contributed by atoms with Gasteiger partial charge in [-0.3, -0.25) is 9.11 Å². The minimum absolute atomic E-state index is 0. The Morgan fingerprint density at radius 2 is 1.07 bits per heavy atom. The molecule has 0 saturated heterocycles. The van der Waals surface area contributed by atoms with Crippen LogP contribution in [0.3, 0.4) is 0 Å². The molecule has 84 valence electrons. The summed E-state index contributed by atoms with van der Waals surface area (Å²) in [5.74, 6) is 2.07. The SMILES string of the molecule is O=S(=O)(O)O.SCCCCCCS.[NaH]. The van der Waals surface area contributed by atoms with Crippen molar-refractivity contribution in [2.75, 3.05) is 11.5 Å². The first-order chi connectivity index (χ1) is 5.91. The fourth-order valence-electron chi connectivity index (χ4n) is 0.577. The topological polar surface area (TPSA) is 74.6 Å². The van der Waals surface area contributed by atoms with E-state index in [9.17, 15) is 0 Å². The van der Waals surface area contributed by atoms with Crippen molar-refractivity contribution in [1.82, 2.24) is 0 Å². The third-order valence-corrected chi connectivity index (χ3v) is 1.70. The summed E-state index contributed by atoms with van der Waals surface area (Å²) in [6.45, 7) is 0. The molecule has 4 nitrogen and oxygen atoms in total. The zero-order valence-electron chi connectivity index (χ0n) is 7.26. The molecule has 14 heavy (non-hydrogen) atoms. The second-order valence-corrected chi connectivity index (χ2v) is 4.10. The molecule has 2 N–H and O–H groups in total. The van der Waals surface area contributed by atoms with Crippen LogP contribution in [-0.2, 0) is 10.4 Å². The van der Waals surface area contributed by atoms with Crippen molar-refractivity contribution in [3.05, 3.63) is 0 Å². The van der Waals surface area contributed by atoms with Crippen molar-refractivity contribution >= 4 is 65.2 Å². The van der Waals surface area contributed by atoms with Crippen LogP contribution in [0.15, 0.2) is 0 Å². The van der Waals surface area contributed by atoms with E-state index >= 15 is 0 Å². The fraction of sp³-hybridized carbons (Fsp3) is 1.00. The van der Waals surface area contributed by atoms with E-state index < -0.39 is 10.4 Å². The molecule has 0 unspecified atom stereocenters. The average Bonchev–Trinajstić information content (AvgIpc) is 1.95. The first-order valence-electron chi connectivity index (χ1n) is 3.83. The number of rotatable bonds is 5. The molecule has 0 rings (SSSR count). The van der Waals surface area contributed by atoms with Crippen molar-refractivity contribution in [3.63, 3.8) is 0 Å². The van der Waals surface area contributed by atoms with Gasteiger partial charge < -0.3 is 0 Å². The molecule has 0 aromatic carbocycles. The van der Waals surface area contributed by atoms with Gasteiger partial charge in [0.05, 0.1) is 0 Å². The van der Waals surface area contributed by atoms with Crippen LogP contribution in [0, 0.1) is 0 Å². The van der Waals surface area contributed by atoms with E-state index in [1.54, 1.807) is 0 Å². The Balaban J connectivity index is -0.000000177. The molecule has 0 aliphatic heterocycles. The normalized spacial score (nSPS) is 9.71. The van der Waals surface area contributed by atoms with E-state index in [1.807, 2.05) is 0 Å². The molecule has 0 amide bonds. The third kappa shape index (κ3) is 49.7. The van der Waals surface area contributed by atoms with E-state index in [-0.39, 0.29) is 29.6 Å². The molecule has 0 radical (unpaired) electrons. The maximum atomic E-state index is 8.74. The van der Waals surface area contributed by atoms with Crippen molar-refractivity contribution in [3.8, 4) is 0 Å². The summed E-state index contributed by atoms with van der Waals surface area (Å²) < 4.78 is 31.6. The summed E-state index contributed by atoms with van der Waals surface area (Å²) in [6.07, 6.45) is 5.17. The Bertz CT molecular complexity index is 170. The van der Waals surface area contributed by atoms with Crippen LogP contribution < -0.4 is 0 Å². The van der Waals surface area contributed by atoms with Gasteiger partial charge in [0.15, 0.2) is 0 Å². The maximum absolute atomic E-state index is 8.74. The standard InChI is InChI=1S/C6H14S2.Na.H2O4S.H/c7-5-3-1-2-4-6-8;;1-5(2,3)4;/h7-8H,1-6H2;;(H2,1,2,3,4);. The predicted molar refractivity (Wildman–Crippen MR) is 67.5 cm³/mol. The molecule has 8 heteroatoms. The van der Waals surface area contributed by atoms with Crippen molar-refractivity contribution in [2.24, 2.45) is 0 Å². The minimum atomic E-state index is -4.67. The molecule has 0 aromatic heterocycles. The Morgan fingerprint density at radius 1 is 0.857 bits per heavy atom. The second kappa shape index (κ2) is 14.6. The first-order valence-corrected chi connectivity index (χ1v) is 6.49. The van der Waals surface area contributed by atoms with E-state index in [0.29, 0.717) is 0 Å². The molecule has 0 aliphatic rings. The summed E-state index contributed by atoms with van der Waals surface area (Å²) in [5.41, 5.74) is 0. The molecule has 0 aromatic rings. The Morgan fingerprint density at radius 3 is 1.21 bits per heavy atom. The Hall–Kier alpha value is 1.57. The van der Waals surface area contributed by atoms with E-state index in [4.69, 9.17) is 17.5 Å². The average molecular weight is 272 g/mol. The monoisotopic (exact) mass is 272 g/mol. The molecular weight excluding hydrogens is 255 g/mol. The summed E-state index contributed by atoms with van der Waals surface area (Å²) in [5, 5.41) is 0. The number of unbranched alkanes of at least 4 members (excludes halogenated alkanes) is 3. The van der Waals surface area contributed by atoms with Gasteiger partial charge in [0, 0.05) is 0 Å². The zero-order valence-corrected chi connectivity index (χ0v) is 9.86. The molecule has 0 aliphatic carbocycles. The molecule has 0 atom stereocenters. The molecule has 0 heterocycles. The fourth-order valence-corrected chi connectivity index (χ4v) is 1.02. The molecule has 0 spiro atoms. The molecule has 0 saturated carbocycles. The van der Waals surface area contributed by atoms with Crippen LogP contribution in [0.2, 0.25) is 0 Å². The van der Waals surface area contributed by atoms with Gasteiger partial charge in [-0.2, -0.15) is 33.7 Å². The number of hydrogen-bond acceptors (Lipinski definition) is 4. The summed E-state index contributed by atoms with van der Waals surface area (Å²) in [7, 11) is -4.67. The van der Waals surface area contributed by atoms with Crippen LogP contribution in [0.4, 0.5) is 0 Å². The van der Waals surface area contributed by atoms with E-state index in [0.717, 1.165) is 11.5 Å². The van der Waals surface area contributed by atoms with Gasteiger partial charge in [-0.05, 0) is 24.3 Å². The summed E-state index contributed by atoms with van der Waals surface area (Å²) in [6, 6.07) is 0. The quantitative estimate of drug-likeness (QED) is 0.262. The van der Waals surface area contributed by atoms with Gasteiger partial charge >= 0.3 is 40.0 Å². The van der Waals surface area contributed by atoms with Gasteiger partial charge in [-0.25, -0.2) is 0 Å². The van der Waals surface area contributed by atoms with Crippen molar-refractivity contribution in [2.45, 2.75) is 25.7 Å². The predicted octanol–water partition coefficient (Wildman–Crippen LogP) is 1.11. The van der Waals surface area contributed by atoms with Gasteiger partial charge in [0.25, 0.3) is 0 Å². The van der Waals surface area contributed by atoms with E-state index in [2.05, 4.69) is 25.3 Å². The zero-order chi connectivity index (χ0) is 10.7. The van der Waals surface area contributed by atoms with Crippen LogP contribution >= 0.6 is 25.3 Å². The van der Waals surface area contributed by atoms with Gasteiger partial charge in [-0.15, -0.1) is 0 Å².